The van der Waals surface area contributed by atoms with Gasteiger partial charge in [-0.15, -0.1) is 12.4 Å². The minimum absolute atomic E-state index is 0. The molecular formula is C12H18ClIN2. The molecule has 1 aliphatic rings. The summed E-state index contributed by atoms with van der Waals surface area (Å²) in [6.07, 6.45) is 1.28. The third-order valence-electron chi connectivity index (χ3n) is 3.00. The summed E-state index contributed by atoms with van der Waals surface area (Å²) >= 11 is 2.34. The van der Waals surface area contributed by atoms with Crippen molar-refractivity contribution in [3.8, 4) is 0 Å². The lowest BCUT2D eigenvalue weighted by Gasteiger charge is -2.23. The van der Waals surface area contributed by atoms with Gasteiger partial charge in [0.1, 0.15) is 0 Å². The first kappa shape index (κ1) is 14.2. The average Bonchev–Trinajstić information content (AvgIpc) is 2.74. The molecule has 1 aliphatic heterocycles. The van der Waals surface area contributed by atoms with E-state index in [-0.39, 0.29) is 12.4 Å². The Morgan fingerprint density at radius 1 is 1.38 bits per heavy atom. The Morgan fingerprint density at radius 2 is 2.06 bits per heavy atom. The second-order valence-corrected chi connectivity index (χ2v) is 5.43. The standard InChI is InChI=1S/C12H17IN2.ClH/c1-15(12-6-7-14-8-12)9-10-2-4-11(13)5-3-10;/h2-5,12,14H,6-9H2,1H3;1H. The molecule has 1 atom stereocenters. The molecule has 2 rings (SSSR count). The summed E-state index contributed by atoms with van der Waals surface area (Å²) in [4.78, 5) is 2.45. The van der Waals surface area contributed by atoms with E-state index in [9.17, 15) is 0 Å². The van der Waals surface area contributed by atoms with Crippen molar-refractivity contribution >= 4 is 35.0 Å². The number of nitrogens with one attached hydrogen (secondary N) is 1. The van der Waals surface area contributed by atoms with E-state index in [0.717, 1.165) is 13.1 Å². The molecule has 1 aromatic carbocycles. The first-order valence-corrected chi connectivity index (χ1v) is 6.49. The molecule has 0 radical (unpaired) electrons. The van der Waals surface area contributed by atoms with Crippen LogP contribution in [0.5, 0.6) is 0 Å². The largest absolute Gasteiger partial charge is 0.315 e. The molecule has 1 saturated heterocycles. The molecular weight excluding hydrogens is 335 g/mol. The molecule has 0 saturated carbocycles. The number of likely N-dealkylation sites (N-methyl/N-ethyl adjacent to an activating group) is 1. The van der Waals surface area contributed by atoms with Crippen molar-refractivity contribution in [1.29, 1.82) is 0 Å². The van der Waals surface area contributed by atoms with Crippen molar-refractivity contribution in [2.45, 2.75) is 19.0 Å². The lowest BCUT2D eigenvalue weighted by Crippen LogP contribution is -2.32. The van der Waals surface area contributed by atoms with Crippen LogP contribution in [-0.2, 0) is 6.54 Å². The van der Waals surface area contributed by atoms with Gasteiger partial charge in [0.15, 0.2) is 0 Å². The molecule has 0 amide bonds. The summed E-state index contributed by atoms with van der Waals surface area (Å²) in [6, 6.07) is 9.51. The molecule has 90 valence electrons. The highest BCUT2D eigenvalue weighted by molar-refractivity contribution is 14.1. The highest BCUT2D eigenvalue weighted by Gasteiger charge is 2.18. The Morgan fingerprint density at radius 3 is 2.62 bits per heavy atom. The highest BCUT2D eigenvalue weighted by Crippen LogP contribution is 2.12. The number of rotatable bonds is 3. The van der Waals surface area contributed by atoms with Gasteiger partial charge in [0.2, 0.25) is 0 Å². The van der Waals surface area contributed by atoms with E-state index in [2.05, 4.69) is 64.1 Å². The van der Waals surface area contributed by atoms with Gasteiger partial charge < -0.3 is 5.32 Å². The Kier molecular flexibility index (Phi) is 6.03. The Balaban J connectivity index is 0.00000128. The molecule has 4 heteroatoms. The average molecular weight is 353 g/mol. The molecule has 16 heavy (non-hydrogen) atoms. The van der Waals surface area contributed by atoms with Crippen molar-refractivity contribution in [3.05, 3.63) is 33.4 Å². The lowest BCUT2D eigenvalue weighted by atomic mass is 10.1. The van der Waals surface area contributed by atoms with Gasteiger partial charge in [-0.3, -0.25) is 4.90 Å². The van der Waals surface area contributed by atoms with E-state index in [1.165, 1.54) is 22.1 Å². The predicted molar refractivity (Wildman–Crippen MR) is 79.1 cm³/mol. The van der Waals surface area contributed by atoms with Crippen LogP contribution in [0.1, 0.15) is 12.0 Å². The third-order valence-corrected chi connectivity index (χ3v) is 3.72. The maximum atomic E-state index is 3.41. The quantitative estimate of drug-likeness (QED) is 0.841. The van der Waals surface area contributed by atoms with Crippen LogP contribution in [0.2, 0.25) is 0 Å². The topological polar surface area (TPSA) is 15.3 Å². The summed E-state index contributed by atoms with van der Waals surface area (Å²) < 4.78 is 1.31. The van der Waals surface area contributed by atoms with Gasteiger partial charge in [-0.1, -0.05) is 12.1 Å². The zero-order valence-electron chi connectivity index (χ0n) is 9.45. The Hall–Kier alpha value is 0.160. The summed E-state index contributed by atoms with van der Waals surface area (Å²) in [5.41, 5.74) is 1.41. The van der Waals surface area contributed by atoms with Crippen LogP contribution >= 0.6 is 35.0 Å². The smallest absolute Gasteiger partial charge is 0.0234 e. The van der Waals surface area contributed by atoms with Gasteiger partial charge in [0, 0.05) is 22.7 Å². The first-order valence-electron chi connectivity index (χ1n) is 5.41. The van der Waals surface area contributed by atoms with Crippen molar-refractivity contribution < 1.29 is 0 Å². The summed E-state index contributed by atoms with van der Waals surface area (Å²) in [5, 5.41) is 3.41. The van der Waals surface area contributed by atoms with E-state index < -0.39 is 0 Å². The van der Waals surface area contributed by atoms with E-state index in [1.54, 1.807) is 0 Å². The SMILES string of the molecule is CN(Cc1ccc(I)cc1)C1CCNC1.Cl. The number of halogens is 2. The molecule has 0 aromatic heterocycles. The van der Waals surface area contributed by atoms with Gasteiger partial charge in [-0.25, -0.2) is 0 Å². The van der Waals surface area contributed by atoms with Gasteiger partial charge >= 0.3 is 0 Å². The molecule has 0 spiro atoms. The summed E-state index contributed by atoms with van der Waals surface area (Å²) in [6.45, 7) is 3.37. The Labute approximate surface area is 117 Å². The summed E-state index contributed by atoms with van der Waals surface area (Å²) in [7, 11) is 2.22. The van der Waals surface area contributed by atoms with Crippen LogP contribution in [0.4, 0.5) is 0 Å². The fourth-order valence-electron chi connectivity index (χ4n) is 2.02. The zero-order valence-corrected chi connectivity index (χ0v) is 12.4. The molecule has 1 heterocycles. The summed E-state index contributed by atoms with van der Waals surface area (Å²) in [5.74, 6) is 0. The number of nitrogens with zero attached hydrogens (tertiary/aromatic N) is 1. The van der Waals surface area contributed by atoms with Crippen molar-refractivity contribution in [2.24, 2.45) is 0 Å². The third kappa shape index (κ3) is 3.87. The van der Waals surface area contributed by atoms with Crippen LogP contribution in [0.15, 0.2) is 24.3 Å². The van der Waals surface area contributed by atoms with Gasteiger partial charge in [-0.05, 0) is 60.3 Å². The van der Waals surface area contributed by atoms with Crippen LogP contribution in [0.3, 0.4) is 0 Å². The number of hydrogen-bond donors (Lipinski definition) is 1. The maximum absolute atomic E-state index is 3.41. The van der Waals surface area contributed by atoms with Crippen molar-refractivity contribution in [2.75, 3.05) is 20.1 Å². The minimum Gasteiger partial charge on any atom is -0.315 e. The Bertz CT molecular complexity index is 309. The fourth-order valence-corrected chi connectivity index (χ4v) is 2.38. The second-order valence-electron chi connectivity index (χ2n) is 4.19. The number of benzene rings is 1. The van der Waals surface area contributed by atoms with Crippen molar-refractivity contribution in [1.82, 2.24) is 10.2 Å². The van der Waals surface area contributed by atoms with E-state index >= 15 is 0 Å². The molecule has 1 N–H and O–H groups in total. The second kappa shape index (κ2) is 6.79. The highest BCUT2D eigenvalue weighted by atomic mass is 127. The molecule has 1 fully saturated rings. The first-order chi connectivity index (χ1) is 7.25. The maximum Gasteiger partial charge on any atom is 0.0234 e. The van der Waals surface area contributed by atoms with Crippen molar-refractivity contribution in [3.63, 3.8) is 0 Å². The van der Waals surface area contributed by atoms with E-state index in [4.69, 9.17) is 0 Å². The van der Waals surface area contributed by atoms with Gasteiger partial charge in [0.05, 0.1) is 0 Å². The van der Waals surface area contributed by atoms with E-state index in [1.807, 2.05) is 0 Å². The van der Waals surface area contributed by atoms with Crippen LogP contribution < -0.4 is 5.32 Å². The van der Waals surface area contributed by atoms with E-state index in [0.29, 0.717) is 6.04 Å². The fraction of sp³-hybridized carbons (Fsp3) is 0.500. The zero-order chi connectivity index (χ0) is 10.7. The minimum atomic E-state index is 0. The molecule has 2 nitrogen and oxygen atoms in total. The predicted octanol–water partition coefficient (Wildman–Crippen LogP) is 2.51. The van der Waals surface area contributed by atoms with Gasteiger partial charge in [0.25, 0.3) is 0 Å². The number of hydrogen-bond acceptors (Lipinski definition) is 2. The van der Waals surface area contributed by atoms with Crippen LogP contribution in [0.25, 0.3) is 0 Å². The molecule has 1 unspecified atom stereocenters. The molecule has 1 aromatic rings. The lowest BCUT2D eigenvalue weighted by molar-refractivity contribution is 0.249. The monoisotopic (exact) mass is 352 g/mol. The van der Waals surface area contributed by atoms with Gasteiger partial charge in [-0.2, -0.15) is 0 Å². The normalized spacial score (nSPS) is 19.8. The molecule has 0 aliphatic carbocycles. The van der Waals surface area contributed by atoms with Crippen LogP contribution in [0, 0.1) is 3.57 Å². The van der Waals surface area contributed by atoms with Crippen LogP contribution in [-0.4, -0.2) is 31.1 Å². The molecule has 0 bridgehead atoms.